The van der Waals surface area contributed by atoms with Crippen LogP contribution < -0.4 is 9.80 Å². The van der Waals surface area contributed by atoms with E-state index in [1.165, 1.54) is 0 Å². The molecule has 0 radical (unpaired) electrons. The summed E-state index contributed by atoms with van der Waals surface area (Å²) in [5, 5.41) is 12.0. The number of hydrogen-bond acceptors (Lipinski definition) is 8. The number of anilines is 4. The van der Waals surface area contributed by atoms with Crippen LogP contribution in [0.3, 0.4) is 0 Å². The van der Waals surface area contributed by atoms with E-state index in [-0.39, 0.29) is 0 Å². The molecule has 0 saturated heterocycles. The lowest BCUT2D eigenvalue weighted by Gasteiger charge is -2.30. The summed E-state index contributed by atoms with van der Waals surface area (Å²) in [5.74, 6) is 1.63. The van der Waals surface area contributed by atoms with Gasteiger partial charge < -0.3 is 28.6 Å². The topological polar surface area (TPSA) is 85.3 Å². The van der Waals surface area contributed by atoms with E-state index >= 15 is 0 Å². The number of imidazole rings is 2. The predicted octanol–water partition coefficient (Wildman–Crippen LogP) is 12.6. The maximum atomic E-state index is 6.51. The van der Waals surface area contributed by atoms with Crippen LogP contribution in [0.1, 0.15) is 50.7 Å². The number of rotatable bonds is 8. The van der Waals surface area contributed by atoms with Gasteiger partial charge in [-0.2, -0.15) is 0 Å². The third-order valence-electron chi connectivity index (χ3n) is 9.76. The Morgan fingerprint density at radius 2 is 0.982 bits per heavy atom. The van der Waals surface area contributed by atoms with E-state index < -0.39 is 0 Å². The average molecular weight is 876 g/mol. The molecule has 6 aromatic rings. The minimum absolute atomic E-state index is 0.592. The fourth-order valence-corrected chi connectivity index (χ4v) is 8.76. The summed E-state index contributed by atoms with van der Waals surface area (Å²) in [6.45, 7) is 7.39. The van der Waals surface area contributed by atoms with Gasteiger partial charge in [-0.05, 0) is 86.3 Å². The number of oxime groups is 2. The summed E-state index contributed by atoms with van der Waals surface area (Å²) in [5.41, 5.74) is 8.86. The fraction of sp³-hybridized carbons (Fsp3) is 0.300. The first-order valence-electron chi connectivity index (χ1n) is 18.1. The fourth-order valence-electron chi connectivity index (χ4n) is 7.35. The molecule has 4 aromatic carbocycles. The van der Waals surface area contributed by atoms with Gasteiger partial charge in [0.15, 0.2) is 0 Å². The van der Waals surface area contributed by atoms with E-state index in [0.717, 1.165) is 120 Å². The Morgan fingerprint density at radius 3 is 1.34 bits per heavy atom. The molecule has 56 heavy (non-hydrogen) atoms. The second kappa shape index (κ2) is 17.3. The van der Waals surface area contributed by atoms with Gasteiger partial charge in [0, 0.05) is 47.4 Å². The normalized spacial score (nSPS) is 14.5. The Labute approximate surface area is 355 Å². The van der Waals surface area contributed by atoms with E-state index in [2.05, 4.69) is 29.2 Å². The van der Waals surface area contributed by atoms with Gasteiger partial charge in [-0.3, -0.25) is 0 Å². The predicted molar refractivity (Wildman–Crippen MR) is 233 cm³/mol. The van der Waals surface area contributed by atoms with Gasteiger partial charge in [-0.25, -0.2) is 9.97 Å². The van der Waals surface area contributed by atoms with Crippen molar-refractivity contribution in [3.8, 4) is 0 Å². The Balaban J connectivity index is 0.000000172. The molecule has 8 rings (SSSR count). The van der Waals surface area contributed by atoms with Crippen molar-refractivity contribution >= 4 is 126 Å². The first kappa shape index (κ1) is 40.3. The van der Waals surface area contributed by atoms with E-state index in [1.54, 1.807) is 26.4 Å². The molecule has 0 N–H and O–H groups in total. The van der Waals surface area contributed by atoms with Crippen LogP contribution in [0.5, 0.6) is 0 Å². The van der Waals surface area contributed by atoms with Crippen molar-refractivity contribution in [2.24, 2.45) is 10.3 Å². The van der Waals surface area contributed by atoms with Crippen LogP contribution in [0.2, 0.25) is 30.1 Å². The highest BCUT2D eigenvalue weighted by Crippen LogP contribution is 2.41. The second-order valence-electron chi connectivity index (χ2n) is 13.1. The molecular formula is C40H38Cl6N8O2. The van der Waals surface area contributed by atoms with E-state index in [9.17, 15) is 0 Å². The van der Waals surface area contributed by atoms with Gasteiger partial charge >= 0.3 is 0 Å². The minimum Gasteiger partial charge on any atom is -0.399 e. The molecule has 2 aliphatic rings. The van der Waals surface area contributed by atoms with Crippen LogP contribution in [0, 0.1) is 0 Å². The van der Waals surface area contributed by atoms with Gasteiger partial charge in [-0.1, -0.05) is 93.8 Å². The molecule has 0 fully saturated rings. The van der Waals surface area contributed by atoms with E-state index in [1.807, 2.05) is 62.4 Å². The Hall–Kier alpha value is -3.90. The summed E-state index contributed by atoms with van der Waals surface area (Å²) in [6.07, 6.45) is 3.37. The summed E-state index contributed by atoms with van der Waals surface area (Å²) < 4.78 is 4.37. The molecule has 0 bridgehead atoms. The summed E-state index contributed by atoms with van der Waals surface area (Å²) in [7, 11) is 3.11. The van der Waals surface area contributed by atoms with Crippen LogP contribution in [-0.2, 0) is 22.8 Å². The van der Waals surface area contributed by atoms with Crippen molar-refractivity contribution in [1.29, 1.82) is 0 Å². The Kier molecular flexibility index (Phi) is 12.5. The lowest BCUT2D eigenvalue weighted by atomic mass is 10.1. The van der Waals surface area contributed by atoms with Gasteiger partial charge in [0.2, 0.25) is 11.9 Å². The SMILES string of the molecule is CC/C(=N/OC)c1ccc(Cl)c2nc3n(c12)CCCN3c1ccc(Cl)cc1Cl.CC/C(=N\OC)c1ccc(Cl)c2nc3n(c12)CCCN3c1ccc(Cl)cc1Cl. The highest BCUT2D eigenvalue weighted by atomic mass is 35.5. The van der Waals surface area contributed by atoms with Gasteiger partial charge in [0.05, 0.1) is 53.9 Å². The zero-order valence-corrected chi connectivity index (χ0v) is 35.6. The number of aromatic nitrogens is 4. The first-order chi connectivity index (χ1) is 27.1. The quantitative estimate of drug-likeness (QED) is 0.112. The molecule has 292 valence electrons. The minimum atomic E-state index is 0.592. The van der Waals surface area contributed by atoms with Gasteiger partial charge in [0.25, 0.3) is 0 Å². The molecule has 16 heteroatoms. The summed E-state index contributed by atoms with van der Waals surface area (Å²) in [6, 6.07) is 18.7. The van der Waals surface area contributed by atoms with Crippen molar-refractivity contribution in [1.82, 2.24) is 19.1 Å². The first-order valence-corrected chi connectivity index (χ1v) is 20.4. The number of halogens is 6. The van der Waals surface area contributed by atoms with Crippen molar-refractivity contribution in [2.45, 2.75) is 52.6 Å². The molecule has 0 spiro atoms. The molecule has 0 atom stereocenters. The maximum Gasteiger partial charge on any atom is 0.211 e. The summed E-state index contributed by atoms with van der Waals surface area (Å²) >= 11 is 38.1. The molecule has 0 amide bonds. The van der Waals surface area contributed by atoms with Crippen LogP contribution in [0.25, 0.3) is 22.1 Å². The molecular weight excluding hydrogens is 837 g/mol. The van der Waals surface area contributed by atoms with Crippen molar-refractivity contribution in [2.75, 3.05) is 37.1 Å². The Morgan fingerprint density at radius 1 is 0.571 bits per heavy atom. The molecule has 0 saturated carbocycles. The molecule has 4 heterocycles. The number of fused-ring (bicyclic) bond motifs is 6. The number of benzene rings is 4. The van der Waals surface area contributed by atoms with Crippen molar-refractivity contribution in [3.63, 3.8) is 0 Å². The third kappa shape index (κ3) is 7.60. The van der Waals surface area contributed by atoms with Gasteiger partial charge in [0.1, 0.15) is 25.3 Å². The molecule has 0 aliphatic carbocycles. The molecule has 10 nitrogen and oxygen atoms in total. The number of hydrogen-bond donors (Lipinski definition) is 0. The highest BCUT2D eigenvalue weighted by molar-refractivity contribution is 6.38. The van der Waals surface area contributed by atoms with Crippen molar-refractivity contribution < 1.29 is 9.68 Å². The van der Waals surface area contributed by atoms with Crippen LogP contribution in [0.4, 0.5) is 23.3 Å². The average Bonchev–Trinajstić information content (AvgIpc) is 3.79. The molecule has 2 aromatic heterocycles. The molecule has 2 aliphatic heterocycles. The zero-order chi connectivity index (χ0) is 39.7. The highest BCUT2D eigenvalue weighted by Gasteiger charge is 2.29. The van der Waals surface area contributed by atoms with Gasteiger partial charge in [-0.15, -0.1) is 0 Å². The van der Waals surface area contributed by atoms with Crippen LogP contribution in [0.15, 0.2) is 71.0 Å². The Bertz CT molecular complexity index is 2330. The third-order valence-corrected chi connectivity index (χ3v) is 11.4. The number of nitrogens with zero attached hydrogens (tertiary/aromatic N) is 8. The van der Waals surface area contributed by atoms with Crippen LogP contribution in [-0.4, -0.2) is 57.8 Å². The largest absolute Gasteiger partial charge is 0.399 e. The lowest BCUT2D eigenvalue weighted by molar-refractivity contribution is 0.213. The monoisotopic (exact) mass is 872 g/mol. The van der Waals surface area contributed by atoms with E-state index in [0.29, 0.717) is 30.1 Å². The molecule has 0 unspecified atom stereocenters. The standard InChI is InChI=1S/2C20H19Cl3N4O/c2*1-3-16(25-28-2)13-6-7-14(22)18-19(13)27-10-4-9-26(20(27)24-18)17-8-5-12(21)11-15(17)23/h2*5-8,11H,3-4,9-10H2,1-2H3/b25-16+;25-16-. The summed E-state index contributed by atoms with van der Waals surface area (Å²) in [4.78, 5) is 24.1. The smallest absolute Gasteiger partial charge is 0.211 e. The second-order valence-corrected chi connectivity index (χ2v) is 15.6. The van der Waals surface area contributed by atoms with E-state index in [4.69, 9.17) is 89.2 Å². The zero-order valence-electron chi connectivity index (χ0n) is 31.1. The maximum absolute atomic E-state index is 6.51. The lowest BCUT2D eigenvalue weighted by Crippen LogP contribution is -2.28. The number of aryl methyl sites for hydroxylation is 2. The van der Waals surface area contributed by atoms with Crippen LogP contribution >= 0.6 is 69.6 Å². The van der Waals surface area contributed by atoms with Crippen molar-refractivity contribution in [3.05, 3.63) is 102 Å².